The normalized spacial score (nSPS) is 12.1. The highest BCUT2D eigenvalue weighted by Gasteiger charge is 2.19. The molecule has 0 heterocycles. The van der Waals surface area contributed by atoms with E-state index < -0.39 is 6.10 Å². The van der Waals surface area contributed by atoms with E-state index in [1.54, 1.807) is 0 Å². The van der Waals surface area contributed by atoms with Gasteiger partial charge >= 0.3 is 17.9 Å². The minimum absolute atomic E-state index is 0.0684. The summed E-state index contributed by atoms with van der Waals surface area (Å²) in [6, 6.07) is 0. The summed E-state index contributed by atoms with van der Waals surface area (Å²) < 4.78 is 16.8. The monoisotopic (exact) mass is 887 g/mol. The van der Waals surface area contributed by atoms with E-state index in [0.717, 1.165) is 64.2 Å². The number of ether oxygens (including phenoxy) is 3. The summed E-state index contributed by atoms with van der Waals surface area (Å²) in [5.74, 6) is -0.862. The van der Waals surface area contributed by atoms with Crippen LogP contribution < -0.4 is 0 Å². The molecule has 370 valence electrons. The van der Waals surface area contributed by atoms with Crippen LogP contribution in [0.25, 0.3) is 0 Å². The predicted molar refractivity (Wildman–Crippen MR) is 270 cm³/mol. The van der Waals surface area contributed by atoms with Crippen molar-refractivity contribution in [1.29, 1.82) is 0 Å². The number of rotatable bonds is 51. The highest BCUT2D eigenvalue weighted by molar-refractivity contribution is 5.71. The third-order valence-corrected chi connectivity index (χ3v) is 12.5. The summed E-state index contributed by atoms with van der Waals surface area (Å²) in [6.07, 6.45) is 60.4. The van der Waals surface area contributed by atoms with Crippen molar-refractivity contribution in [2.45, 2.75) is 309 Å². The van der Waals surface area contributed by atoms with Gasteiger partial charge in [-0.05, 0) is 51.4 Å². The van der Waals surface area contributed by atoms with Crippen molar-refractivity contribution in [3.8, 4) is 0 Å². The van der Waals surface area contributed by atoms with E-state index >= 15 is 0 Å². The molecule has 0 bridgehead atoms. The average Bonchev–Trinajstić information content (AvgIpc) is 3.28. The van der Waals surface area contributed by atoms with Crippen molar-refractivity contribution in [3.63, 3.8) is 0 Å². The van der Waals surface area contributed by atoms with E-state index in [9.17, 15) is 14.4 Å². The molecule has 0 fully saturated rings. The molecular formula is C57H106O6. The van der Waals surface area contributed by atoms with Gasteiger partial charge in [0.05, 0.1) is 0 Å². The number of hydrogen-bond acceptors (Lipinski definition) is 6. The van der Waals surface area contributed by atoms with Crippen molar-refractivity contribution < 1.29 is 28.6 Å². The van der Waals surface area contributed by atoms with Crippen LogP contribution in [0.5, 0.6) is 0 Å². The predicted octanol–water partition coefficient (Wildman–Crippen LogP) is 18.3. The van der Waals surface area contributed by atoms with Crippen LogP contribution in [0, 0.1) is 0 Å². The molecule has 6 nitrogen and oxygen atoms in total. The second kappa shape index (κ2) is 52.5. The summed E-state index contributed by atoms with van der Waals surface area (Å²) in [7, 11) is 0. The van der Waals surface area contributed by atoms with Gasteiger partial charge in [0.25, 0.3) is 0 Å². The number of unbranched alkanes of at least 4 members (excludes halogenated alkanes) is 36. The van der Waals surface area contributed by atoms with Crippen molar-refractivity contribution in [2.24, 2.45) is 0 Å². The molecule has 0 amide bonds. The van der Waals surface area contributed by atoms with Crippen LogP contribution in [0.15, 0.2) is 24.3 Å². The van der Waals surface area contributed by atoms with Gasteiger partial charge in [0, 0.05) is 19.3 Å². The zero-order valence-corrected chi connectivity index (χ0v) is 42.4. The average molecular weight is 887 g/mol. The molecular weight excluding hydrogens is 781 g/mol. The molecule has 0 saturated heterocycles. The Hall–Kier alpha value is -2.11. The lowest BCUT2D eigenvalue weighted by Gasteiger charge is -2.18. The van der Waals surface area contributed by atoms with Crippen LogP contribution in [0.4, 0.5) is 0 Å². The summed E-state index contributed by atoms with van der Waals surface area (Å²) in [6.45, 7) is 6.62. The second-order valence-electron chi connectivity index (χ2n) is 18.9. The van der Waals surface area contributed by atoms with Crippen LogP contribution in [0.1, 0.15) is 303 Å². The summed E-state index contributed by atoms with van der Waals surface area (Å²) in [5.41, 5.74) is 0. The molecule has 0 saturated carbocycles. The van der Waals surface area contributed by atoms with Crippen molar-refractivity contribution in [1.82, 2.24) is 0 Å². The molecule has 0 N–H and O–H groups in total. The maximum Gasteiger partial charge on any atom is 0.306 e. The van der Waals surface area contributed by atoms with E-state index in [4.69, 9.17) is 14.2 Å². The fraction of sp³-hybridized carbons (Fsp3) is 0.877. The van der Waals surface area contributed by atoms with Gasteiger partial charge < -0.3 is 14.2 Å². The fourth-order valence-electron chi connectivity index (χ4n) is 8.24. The number of esters is 3. The summed E-state index contributed by atoms with van der Waals surface area (Å²) >= 11 is 0. The molecule has 0 aliphatic rings. The van der Waals surface area contributed by atoms with E-state index in [-0.39, 0.29) is 31.1 Å². The molecule has 0 radical (unpaired) electrons. The number of allylic oxidation sites excluding steroid dienone is 4. The van der Waals surface area contributed by atoms with Crippen LogP contribution in [-0.4, -0.2) is 37.2 Å². The molecule has 0 rings (SSSR count). The molecule has 0 spiro atoms. The molecule has 0 aromatic rings. The first-order valence-electron chi connectivity index (χ1n) is 27.8. The smallest absolute Gasteiger partial charge is 0.306 e. The quantitative estimate of drug-likeness (QED) is 0.0262. The van der Waals surface area contributed by atoms with Gasteiger partial charge in [0.2, 0.25) is 0 Å². The number of carbonyl (C=O) groups excluding carboxylic acids is 3. The lowest BCUT2D eigenvalue weighted by molar-refractivity contribution is -0.167. The first kappa shape index (κ1) is 60.9. The minimum Gasteiger partial charge on any atom is -0.462 e. The molecule has 1 atom stereocenters. The Labute approximate surface area is 392 Å². The number of carbonyl (C=O) groups is 3. The zero-order valence-electron chi connectivity index (χ0n) is 42.4. The minimum atomic E-state index is -0.766. The van der Waals surface area contributed by atoms with E-state index in [1.165, 1.54) is 199 Å². The van der Waals surface area contributed by atoms with Gasteiger partial charge in [0.1, 0.15) is 13.2 Å². The maximum absolute atomic E-state index is 12.8. The van der Waals surface area contributed by atoms with Gasteiger partial charge in [-0.2, -0.15) is 0 Å². The standard InChI is InChI=1S/C57H106O6/c1-4-7-10-13-16-18-20-22-24-26-27-28-29-31-32-34-36-38-41-44-47-50-56(59)62-53-54(52-61-55(58)49-46-43-40-15-12-9-6-3)63-57(60)51-48-45-42-39-37-35-33-30-25-23-21-19-17-14-11-8-5-2/h20,22,26-27,54H,4-19,21,23-25,28-53H2,1-3H3/b22-20-,27-26-. The van der Waals surface area contributed by atoms with Crippen LogP contribution in [-0.2, 0) is 28.6 Å². The fourth-order valence-corrected chi connectivity index (χ4v) is 8.24. The third kappa shape index (κ3) is 50.7. The van der Waals surface area contributed by atoms with Gasteiger partial charge in [-0.15, -0.1) is 0 Å². The highest BCUT2D eigenvalue weighted by atomic mass is 16.6. The third-order valence-electron chi connectivity index (χ3n) is 12.5. The van der Waals surface area contributed by atoms with E-state index in [1.807, 2.05) is 0 Å². The molecule has 63 heavy (non-hydrogen) atoms. The van der Waals surface area contributed by atoms with Crippen molar-refractivity contribution in [2.75, 3.05) is 13.2 Å². The van der Waals surface area contributed by atoms with E-state index in [0.29, 0.717) is 19.3 Å². The lowest BCUT2D eigenvalue weighted by atomic mass is 10.0. The molecule has 1 unspecified atom stereocenters. The lowest BCUT2D eigenvalue weighted by Crippen LogP contribution is -2.30. The van der Waals surface area contributed by atoms with Gasteiger partial charge in [-0.3, -0.25) is 14.4 Å². The SMILES string of the molecule is CCCCCCC/C=C\C/C=C\CCCCCCCCCCCC(=O)OCC(COC(=O)CCCCCCCCC)OC(=O)CCCCCCCCCCCCCCCCCCC. The van der Waals surface area contributed by atoms with E-state index in [2.05, 4.69) is 45.1 Å². The van der Waals surface area contributed by atoms with Gasteiger partial charge in [0.15, 0.2) is 6.10 Å². The largest absolute Gasteiger partial charge is 0.462 e. The molecule has 0 aromatic carbocycles. The van der Waals surface area contributed by atoms with Crippen LogP contribution >= 0.6 is 0 Å². The Kier molecular flexibility index (Phi) is 50.8. The topological polar surface area (TPSA) is 78.9 Å². The molecule has 0 aliphatic heterocycles. The van der Waals surface area contributed by atoms with Gasteiger partial charge in [-0.1, -0.05) is 257 Å². The van der Waals surface area contributed by atoms with Crippen LogP contribution in [0.3, 0.4) is 0 Å². The molecule has 0 aromatic heterocycles. The summed E-state index contributed by atoms with van der Waals surface area (Å²) in [4.78, 5) is 37.9. The van der Waals surface area contributed by atoms with Gasteiger partial charge in [-0.25, -0.2) is 0 Å². The Bertz CT molecular complexity index is 1020. The Morgan fingerprint density at radius 3 is 0.873 bits per heavy atom. The summed E-state index contributed by atoms with van der Waals surface area (Å²) in [5, 5.41) is 0. The van der Waals surface area contributed by atoms with Crippen molar-refractivity contribution >= 4 is 17.9 Å². The maximum atomic E-state index is 12.8. The Morgan fingerprint density at radius 1 is 0.317 bits per heavy atom. The first-order chi connectivity index (χ1) is 31.0. The highest BCUT2D eigenvalue weighted by Crippen LogP contribution is 2.16. The van der Waals surface area contributed by atoms with Crippen molar-refractivity contribution in [3.05, 3.63) is 24.3 Å². The second-order valence-corrected chi connectivity index (χ2v) is 18.9. The molecule has 6 heteroatoms. The Balaban J connectivity index is 4.17. The first-order valence-corrected chi connectivity index (χ1v) is 27.8. The Morgan fingerprint density at radius 2 is 0.571 bits per heavy atom. The number of hydrogen-bond donors (Lipinski definition) is 0. The molecule has 0 aliphatic carbocycles. The van der Waals surface area contributed by atoms with Crippen LogP contribution in [0.2, 0.25) is 0 Å². The zero-order chi connectivity index (χ0) is 45.8.